The summed E-state index contributed by atoms with van der Waals surface area (Å²) >= 11 is 0. The number of hydrogen-bond donors (Lipinski definition) is 3. The van der Waals surface area contributed by atoms with Crippen molar-refractivity contribution in [2.75, 3.05) is 18.9 Å². The van der Waals surface area contributed by atoms with E-state index in [1.165, 1.54) is 6.20 Å². The molecule has 0 fully saturated rings. The van der Waals surface area contributed by atoms with Gasteiger partial charge in [-0.2, -0.15) is 0 Å². The van der Waals surface area contributed by atoms with Crippen LogP contribution in [0.4, 0.5) is 5.69 Å². The maximum Gasteiger partial charge on any atom is 0.242 e. The first-order valence-electron chi connectivity index (χ1n) is 6.42. The van der Waals surface area contributed by atoms with Gasteiger partial charge in [0.2, 0.25) is 10.0 Å². The Bertz CT molecular complexity index is 694. The van der Waals surface area contributed by atoms with Crippen LogP contribution in [-0.2, 0) is 14.8 Å². The van der Waals surface area contributed by atoms with Gasteiger partial charge in [-0.25, -0.2) is 13.1 Å². The fraction of sp³-hybridized carbons (Fsp3) is 0.385. The zero-order chi connectivity index (χ0) is 14.8. The van der Waals surface area contributed by atoms with Gasteiger partial charge >= 0.3 is 0 Å². The number of nitrogens with one attached hydrogen (secondary N) is 2. The van der Waals surface area contributed by atoms with Crippen LogP contribution in [0.15, 0.2) is 29.3 Å². The molecular formula is C13H19N3O3S. The van der Waals surface area contributed by atoms with Crippen LogP contribution in [0.5, 0.6) is 0 Å². The fourth-order valence-electron chi connectivity index (χ4n) is 1.99. The van der Waals surface area contributed by atoms with Crippen molar-refractivity contribution in [3.63, 3.8) is 0 Å². The predicted molar refractivity (Wildman–Crippen MR) is 79.0 cm³/mol. The molecule has 2 aromatic rings. The number of ether oxygens (including phenoxy) is 1. The van der Waals surface area contributed by atoms with Gasteiger partial charge in [0.1, 0.15) is 4.90 Å². The van der Waals surface area contributed by atoms with Crippen molar-refractivity contribution < 1.29 is 13.2 Å². The third kappa shape index (κ3) is 3.12. The molecule has 1 atom stereocenters. The molecule has 0 amide bonds. The molecule has 20 heavy (non-hydrogen) atoms. The van der Waals surface area contributed by atoms with Gasteiger partial charge < -0.3 is 15.5 Å². The predicted octanol–water partition coefficient (Wildman–Crippen LogP) is 1.45. The highest BCUT2D eigenvalue weighted by atomic mass is 32.2. The second-order valence-electron chi connectivity index (χ2n) is 4.58. The fourth-order valence-corrected chi connectivity index (χ4v) is 3.28. The summed E-state index contributed by atoms with van der Waals surface area (Å²) in [7, 11) is -3.57. The molecule has 1 heterocycles. The second kappa shape index (κ2) is 5.82. The van der Waals surface area contributed by atoms with E-state index in [0.29, 0.717) is 23.2 Å². The van der Waals surface area contributed by atoms with Crippen LogP contribution in [0.25, 0.3) is 10.9 Å². The molecule has 0 spiro atoms. The van der Waals surface area contributed by atoms with Crippen molar-refractivity contribution in [1.29, 1.82) is 0 Å². The maximum atomic E-state index is 12.3. The summed E-state index contributed by atoms with van der Waals surface area (Å²) in [6.07, 6.45) is 1.30. The van der Waals surface area contributed by atoms with E-state index >= 15 is 0 Å². The van der Waals surface area contributed by atoms with E-state index in [0.717, 1.165) is 0 Å². The smallest absolute Gasteiger partial charge is 0.242 e. The van der Waals surface area contributed by atoms with E-state index in [-0.39, 0.29) is 17.5 Å². The second-order valence-corrected chi connectivity index (χ2v) is 6.31. The van der Waals surface area contributed by atoms with Crippen LogP contribution >= 0.6 is 0 Å². The van der Waals surface area contributed by atoms with Gasteiger partial charge in [0, 0.05) is 35.9 Å². The van der Waals surface area contributed by atoms with Gasteiger partial charge in [0.25, 0.3) is 0 Å². The van der Waals surface area contributed by atoms with E-state index in [1.807, 2.05) is 13.8 Å². The van der Waals surface area contributed by atoms with Crippen molar-refractivity contribution in [2.45, 2.75) is 24.8 Å². The lowest BCUT2D eigenvalue weighted by Gasteiger charge is -2.12. The van der Waals surface area contributed by atoms with Gasteiger partial charge in [-0.05, 0) is 32.0 Å². The van der Waals surface area contributed by atoms with Crippen LogP contribution in [0, 0.1) is 0 Å². The van der Waals surface area contributed by atoms with Gasteiger partial charge in [-0.1, -0.05) is 0 Å². The van der Waals surface area contributed by atoms with Crippen LogP contribution in [0.1, 0.15) is 13.8 Å². The molecule has 110 valence electrons. The molecule has 1 unspecified atom stereocenters. The average molecular weight is 297 g/mol. The molecular weight excluding hydrogens is 278 g/mol. The van der Waals surface area contributed by atoms with Crippen LogP contribution < -0.4 is 10.5 Å². The third-order valence-electron chi connectivity index (χ3n) is 2.97. The summed E-state index contributed by atoms with van der Waals surface area (Å²) in [4.78, 5) is 3.14. The Kier molecular flexibility index (Phi) is 4.32. The molecule has 2 rings (SSSR count). The Morgan fingerprint density at radius 1 is 1.45 bits per heavy atom. The van der Waals surface area contributed by atoms with Gasteiger partial charge in [-0.3, -0.25) is 0 Å². The molecule has 0 saturated heterocycles. The summed E-state index contributed by atoms with van der Waals surface area (Å²) in [5.74, 6) is 0. The molecule has 6 nitrogen and oxygen atoms in total. The van der Waals surface area contributed by atoms with E-state index in [2.05, 4.69) is 9.71 Å². The number of nitrogens with two attached hydrogens (primary N) is 1. The number of H-pyrrole nitrogens is 1. The number of aromatic nitrogens is 1. The summed E-state index contributed by atoms with van der Waals surface area (Å²) in [6.45, 7) is 4.48. The summed E-state index contributed by atoms with van der Waals surface area (Å²) in [5, 5.41) is 0.621. The number of fused-ring (bicyclic) bond motifs is 1. The minimum atomic E-state index is -3.57. The first kappa shape index (κ1) is 14.8. The van der Waals surface area contributed by atoms with E-state index < -0.39 is 10.0 Å². The molecule has 0 saturated carbocycles. The van der Waals surface area contributed by atoms with Crippen molar-refractivity contribution in [1.82, 2.24) is 9.71 Å². The molecule has 0 aliphatic carbocycles. The van der Waals surface area contributed by atoms with Crippen molar-refractivity contribution >= 4 is 26.6 Å². The molecule has 0 bridgehead atoms. The number of anilines is 1. The normalized spacial score (nSPS) is 13.7. The number of sulfonamides is 1. The van der Waals surface area contributed by atoms with Crippen molar-refractivity contribution in [2.24, 2.45) is 0 Å². The Morgan fingerprint density at radius 3 is 2.90 bits per heavy atom. The molecule has 0 aliphatic heterocycles. The number of nitrogen functional groups attached to an aromatic ring is 1. The first-order valence-corrected chi connectivity index (χ1v) is 7.90. The highest BCUT2D eigenvalue weighted by Crippen LogP contribution is 2.24. The number of hydrogen-bond acceptors (Lipinski definition) is 4. The Morgan fingerprint density at radius 2 is 2.20 bits per heavy atom. The van der Waals surface area contributed by atoms with Crippen LogP contribution in [0.2, 0.25) is 0 Å². The zero-order valence-corrected chi connectivity index (χ0v) is 12.3. The standard InChI is InChI=1S/C13H19N3O3S/c1-3-19-9(2)7-16-20(17,18)13-8-15-12-6-10(14)4-5-11(12)13/h4-6,8-9,15-16H,3,7,14H2,1-2H3. The third-order valence-corrected chi connectivity index (χ3v) is 4.43. The van der Waals surface area contributed by atoms with Gasteiger partial charge in [0.05, 0.1) is 6.10 Å². The highest BCUT2D eigenvalue weighted by Gasteiger charge is 2.19. The minimum absolute atomic E-state index is 0.171. The van der Waals surface area contributed by atoms with E-state index in [4.69, 9.17) is 10.5 Å². The SMILES string of the molecule is CCOC(C)CNS(=O)(=O)c1c[nH]c2cc(N)ccc12. The zero-order valence-electron chi connectivity index (χ0n) is 11.5. The summed E-state index contributed by atoms with van der Waals surface area (Å²) < 4.78 is 32.4. The number of aromatic amines is 1. The first-order chi connectivity index (χ1) is 9.44. The van der Waals surface area contributed by atoms with Crippen LogP contribution in [-0.4, -0.2) is 32.7 Å². The Labute approximate surface area is 118 Å². The summed E-state index contributed by atoms with van der Waals surface area (Å²) in [5.41, 5.74) is 6.95. The van der Waals surface area contributed by atoms with E-state index in [9.17, 15) is 8.42 Å². The number of benzene rings is 1. The maximum absolute atomic E-state index is 12.3. The largest absolute Gasteiger partial charge is 0.399 e. The Hall–Kier alpha value is -1.57. The Balaban J connectivity index is 2.24. The molecule has 0 aliphatic rings. The molecule has 7 heteroatoms. The molecule has 4 N–H and O–H groups in total. The van der Waals surface area contributed by atoms with Gasteiger partial charge in [0.15, 0.2) is 0 Å². The molecule has 1 aromatic heterocycles. The average Bonchev–Trinajstić information content (AvgIpc) is 2.80. The lowest BCUT2D eigenvalue weighted by Crippen LogP contribution is -2.32. The minimum Gasteiger partial charge on any atom is -0.399 e. The van der Waals surface area contributed by atoms with Gasteiger partial charge in [-0.15, -0.1) is 0 Å². The van der Waals surface area contributed by atoms with E-state index in [1.54, 1.807) is 18.2 Å². The van der Waals surface area contributed by atoms with Crippen molar-refractivity contribution in [3.8, 4) is 0 Å². The lowest BCUT2D eigenvalue weighted by molar-refractivity contribution is 0.0799. The number of rotatable bonds is 6. The summed E-state index contributed by atoms with van der Waals surface area (Å²) in [6, 6.07) is 5.08. The topological polar surface area (TPSA) is 97.2 Å². The lowest BCUT2D eigenvalue weighted by atomic mass is 10.2. The van der Waals surface area contributed by atoms with Crippen molar-refractivity contribution in [3.05, 3.63) is 24.4 Å². The highest BCUT2D eigenvalue weighted by molar-refractivity contribution is 7.89. The molecule has 1 aromatic carbocycles. The molecule has 0 radical (unpaired) electrons. The van der Waals surface area contributed by atoms with Crippen LogP contribution in [0.3, 0.4) is 0 Å². The quantitative estimate of drug-likeness (QED) is 0.703. The monoisotopic (exact) mass is 297 g/mol.